The molecule has 0 saturated carbocycles. The van der Waals surface area contributed by atoms with Crippen LogP contribution in [0.25, 0.3) is 6.08 Å². The summed E-state index contributed by atoms with van der Waals surface area (Å²) in [7, 11) is 0. The summed E-state index contributed by atoms with van der Waals surface area (Å²) in [5.41, 5.74) is 5.94. The van der Waals surface area contributed by atoms with Crippen molar-refractivity contribution in [1.82, 2.24) is 5.43 Å². The van der Waals surface area contributed by atoms with Gasteiger partial charge < -0.3 is 5.43 Å². The van der Waals surface area contributed by atoms with Gasteiger partial charge in [-0.15, -0.1) is 0 Å². The highest BCUT2D eigenvalue weighted by Crippen LogP contribution is 2.22. The highest BCUT2D eigenvalue weighted by atomic mass is 15.5. The van der Waals surface area contributed by atoms with E-state index in [0.717, 1.165) is 16.8 Å². The number of nitrogens with one attached hydrogen (secondary N) is 1. The average Bonchev–Trinajstić information content (AvgIpc) is 2.92. The van der Waals surface area contributed by atoms with Gasteiger partial charge in [0.2, 0.25) is 0 Å². The van der Waals surface area contributed by atoms with E-state index >= 15 is 0 Å². The number of para-hydroxylation sites is 1. The SMILES string of the molecule is NNC1=NN(c2ccccc2)CC1=Cc1ccccc1. The lowest BCUT2D eigenvalue weighted by molar-refractivity contribution is 0.964. The molecule has 1 aliphatic heterocycles. The van der Waals surface area contributed by atoms with Gasteiger partial charge >= 0.3 is 0 Å². The Morgan fingerprint density at radius 3 is 2.30 bits per heavy atom. The van der Waals surface area contributed by atoms with Crippen LogP contribution in [0.3, 0.4) is 0 Å². The standard InChI is InChI=1S/C16H16N4/c17-18-16-14(11-13-7-3-1-4-8-13)12-20(19-16)15-9-5-2-6-10-15/h1-11H,12,17H2,(H,18,19). The first-order chi connectivity index (χ1) is 9.86. The molecule has 4 nitrogen and oxygen atoms in total. The van der Waals surface area contributed by atoms with Crippen LogP contribution in [0, 0.1) is 0 Å². The molecule has 0 saturated heterocycles. The van der Waals surface area contributed by atoms with Gasteiger partial charge in [0.15, 0.2) is 5.84 Å². The Hall–Kier alpha value is -2.59. The van der Waals surface area contributed by atoms with Gasteiger partial charge in [0.1, 0.15) is 0 Å². The molecule has 0 atom stereocenters. The smallest absolute Gasteiger partial charge is 0.165 e. The number of amidine groups is 1. The van der Waals surface area contributed by atoms with Gasteiger partial charge in [0.25, 0.3) is 0 Å². The Morgan fingerprint density at radius 2 is 1.65 bits per heavy atom. The number of hydrazone groups is 1. The summed E-state index contributed by atoms with van der Waals surface area (Å²) in [6.07, 6.45) is 2.10. The minimum absolute atomic E-state index is 0.706. The Labute approximate surface area is 118 Å². The lowest BCUT2D eigenvalue weighted by atomic mass is 10.1. The molecule has 0 aromatic heterocycles. The van der Waals surface area contributed by atoms with Crippen molar-refractivity contribution in [3.8, 4) is 0 Å². The molecule has 0 amide bonds. The van der Waals surface area contributed by atoms with Crippen molar-refractivity contribution in [2.24, 2.45) is 10.9 Å². The van der Waals surface area contributed by atoms with E-state index in [-0.39, 0.29) is 0 Å². The van der Waals surface area contributed by atoms with Crippen LogP contribution in [-0.4, -0.2) is 12.4 Å². The number of hydrazine groups is 1. The highest BCUT2D eigenvalue weighted by Gasteiger charge is 2.20. The van der Waals surface area contributed by atoms with E-state index in [9.17, 15) is 0 Å². The molecule has 100 valence electrons. The zero-order chi connectivity index (χ0) is 13.8. The van der Waals surface area contributed by atoms with E-state index in [1.165, 1.54) is 0 Å². The molecule has 2 aromatic rings. The van der Waals surface area contributed by atoms with Gasteiger partial charge in [0, 0.05) is 5.57 Å². The number of hydrogen-bond acceptors (Lipinski definition) is 4. The molecule has 3 N–H and O–H groups in total. The summed E-state index contributed by atoms with van der Waals surface area (Å²) in [6, 6.07) is 20.2. The van der Waals surface area contributed by atoms with E-state index in [2.05, 4.69) is 28.7 Å². The normalized spacial score (nSPS) is 16.4. The van der Waals surface area contributed by atoms with Crippen molar-refractivity contribution in [3.05, 3.63) is 71.8 Å². The van der Waals surface area contributed by atoms with Crippen molar-refractivity contribution < 1.29 is 0 Å². The van der Waals surface area contributed by atoms with Crippen molar-refractivity contribution in [2.75, 3.05) is 11.6 Å². The van der Waals surface area contributed by atoms with Crippen molar-refractivity contribution in [3.63, 3.8) is 0 Å². The predicted molar refractivity (Wildman–Crippen MR) is 83.0 cm³/mol. The van der Waals surface area contributed by atoms with Crippen LogP contribution in [0.1, 0.15) is 5.56 Å². The molecule has 4 heteroatoms. The third-order valence-corrected chi connectivity index (χ3v) is 3.18. The van der Waals surface area contributed by atoms with Gasteiger partial charge in [-0.2, -0.15) is 5.10 Å². The molecule has 2 aromatic carbocycles. The van der Waals surface area contributed by atoms with Crippen molar-refractivity contribution in [1.29, 1.82) is 0 Å². The maximum Gasteiger partial charge on any atom is 0.165 e. The van der Waals surface area contributed by atoms with E-state index < -0.39 is 0 Å². The van der Waals surface area contributed by atoms with Crippen molar-refractivity contribution >= 4 is 17.6 Å². The quantitative estimate of drug-likeness (QED) is 0.647. The molecule has 20 heavy (non-hydrogen) atoms. The zero-order valence-electron chi connectivity index (χ0n) is 11.0. The fraction of sp³-hybridized carbons (Fsp3) is 0.0625. The molecule has 0 spiro atoms. The number of benzene rings is 2. The first-order valence-corrected chi connectivity index (χ1v) is 6.50. The maximum atomic E-state index is 5.57. The summed E-state index contributed by atoms with van der Waals surface area (Å²) in [6.45, 7) is 0.707. The molecule has 0 unspecified atom stereocenters. The topological polar surface area (TPSA) is 53.6 Å². The molecule has 3 rings (SSSR count). The van der Waals surface area contributed by atoms with Gasteiger partial charge in [-0.25, -0.2) is 5.84 Å². The second-order valence-electron chi connectivity index (χ2n) is 4.57. The van der Waals surface area contributed by atoms with Crippen LogP contribution in [0.4, 0.5) is 5.69 Å². The fourth-order valence-electron chi connectivity index (χ4n) is 2.19. The molecular formula is C16H16N4. The summed E-state index contributed by atoms with van der Waals surface area (Å²) < 4.78 is 0. The number of hydrogen-bond donors (Lipinski definition) is 2. The average molecular weight is 264 g/mol. The van der Waals surface area contributed by atoms with Crippen LogP contribution in [-0.2, 0) is 0 Å². The fourth-order valence-corrected chi connectivity index (χ4v) is 2.19. The lowest BCUT2D eigenvalue weighted by Crippen LogP contribution is -2.30. The molecule has 0 aliphatic carbocycles. The third kappa shape index (κ3) is 2.55. The van der Waals surface area contributed by atoms with E-state index in [4.69, 9.17) is 5.84 Å². The predicted octanol–water partition coefficient (Wildman–Crippen LogP) is 2.37. The molecule has 1 heterocycles. The third-order valence-electron chi connectivity index (χ3n) is 3.18. The van der Waals surface area contributed by atoms with Crippen LogP contribution in [0.15, 0.2) is 71.3 Å². The Balaban J connectivity index is 1.88. The summed E-state index contributed by atoms with van der Waals surface area (Å²) in [5, 5.41) is 6.43. The van der Waals surface area contributed by atoms with E-state index in [0.29, 0.717) is 12.4 Å². The van der Waals surface area contributed by atoms with Gasteiger partial charge in [-0.1, -0.05) is 48.5 Å². The van der Waals surface area contributed by atoms with E-state index in [1.807, 2.05) is 53.5 Å². The number of rotatable bonds is 2. The van der Waals surface area contributed by atoms with Crippen LogP contribution < -0.4 is 16.3 Å². The lowest BCUT2D eigenvalue weighted by Gasteiger charge is -2.12. The summed E-state index contributed by atoms with van der Waals surface area (Å²) in [5.74, 6) is 6.28. The van der Waals surface area contributed by atoms with Crippen LogP contribution in [0.2, 0.25) is 0 Å². The Kier molecular flexibility index (Phi) is 3.48. The van der Waals surface area contributed by atoms with Gasteiger partial charge in [0.05, 0.1) is 12.2 Å². The number of nitrogens with two attached hydrogens (primary N) is 1. The number of nitrogens with zero attached hydrogens (tertiary/aromatic N) is 2. The maximum absolute atomic E-state index is 5.57. The zero-order valence-corrected chi connectivity index (χ0v) is 11.0. The summed E-state index contributed by atoms with van der Waals surface area (Å²) >= 11 is 0. The Morgan fingerprint density at radius 1 is 1.00 bits per heavy atom. The second kappa shape index (κ2) is 5.59. The molecule has 0 radical (unpaired) electrons. The van der Waals surface area contributed by atoms with Gasteiger partial charge in [-0.05, 0) is 23.8 Å². The number of anilines is 1. The molecule has 1 aliphatic rings. The monoisotopic (exact) mass is 264 g/mol. The molecule has 0 bridgehead atoms. The van der Waals surface area contributed by atoms with Crippen molar-refractivity contribution in [2.45, 2.75) is 0 Å². The van der Waals surface area contributed by atoms with Gasteiger partial charge in [-0.3, -0.25) is 5.01 Å². The van der Waals surface area contributed by atoms with Crippen LogP contribution in [0.5, 0.6) is 0 Å². The largest absolute Gasteiger partial charge is 0.307 e. The summed E-state index contributed by atoms with van der Waals surface area (Å²) in [4.78, 5) is 0. The molecular weight excluding hydrogens is 248 g/mol. The van der Waals surface area contributed by atoms with Crippen LogP contribution >= 0.6 is 0 Å². The first kappa shape index (κ1) is 12.4. The minimum atomic E-state index is 0.706. The van der Waals surface area contributed by atoms with E-state index in [1.54, 1.807) is 0 Å². The highest BCUT2D eigenvalue weighted by molar-refractivity contribution is 6.05. The first-order valence-electron chi connectivity index (χ1n) is 6.50. The Bertz CT molecular complexity index is 632. The second-order valence-corrected chi connectivity index (χ2v) is 4.57. The molecule has 0 fully saturated rings. The minimum Gasteiger partial charge on any atom is -0.307 e.